The number of aliphatic hydroxyl groups is 1. The molecule has 4 heteroatoms. The van der Waals surface area contributed by atoms with Gasteiger partial charge in [0, 0.05) is 32.2 Å². The largest absolute Gasteiger partial charge is 0.493 e. The van der Waals surface area contributed by atoms with E-state index in [1.165, 1.54) is 5.56 Å². The number of fused-ring (bicyclic) bond motifs is 1. The van der Waals surface area contributed by atoms with Crippen LogP contribution in [0.5, 0.6) is 5.75 Å². The van der Waals surface area contributed by atoms with Gasteiger partial charge in [-0.05, 0) is 48.1 Å². The molecule has 0 unspecified atom stereocenters. The second-order valence-corrected chi connectivity index (χ2v) is 5.77. The van der Waals surface area contributed by atoms with E-state index in [0.29, 0.717) is 6.54 Å². The fourth-order valence-corrected chi connectivity index (χ4v) is 3.00. The number of nitrogens with zero attached hydrogens (tertiary/aromatic N) is 1. The highest BCUT2D eigenvalue weighted by Gasteiger charge is 2.21. The fraction of sp³-hybridized carbons (Fsp3) is 0.471. The maximum absolute atomic E-state index is 12.2. The van der Waals surface area contributed by atoms with E-state index in [-0.39, 0.29) is 18.4 Å². The molecule has 1 N–H and O–H groups in total. The Morgan fingerprint density at radius 1 is 1.48 bits per heavy atom. The lowest BCUT2D eigenvalue weighted by molar-refractivity contribution is -0.127. The molecule has 2 heterocycles. The Labute approximate surface area is 125 Å². The Kier molecular flexibility index (Phi) is 4.25. The molecule has 0 aromatic heterocycles. The van der Waals surface area contributed by atoms with Gasteiger partial charge in [-0.3, -0.25) is 4.79 Å². The van der Waals surface area contributed by atoms with Crippen molar-refractivity contribution in [2.45, 2.75) is 19.3 Å². The topological polar surface area (TPSA) is 49.8 Å². The summed E-state index contributed by atoms with van der Waals surface area (Å²) in [6, 6.07) is 6.02. The molecular weight excluding hydrogens is 266 g/mol. The smallest absolute Gasteiger partial charge is 0.246 e. The van der Waals surface area contributed by atoms with Gasteiger partial charge in [-0.2, -0.15) is 0 Å². The minimum atomic E-state index is 0.0323. The van der Waals surface area contributed by atoms with Gasteiger partial charge in [0.25, 0.3) is 0 Å². The van der Waals surface area contributed by atoms with Crippen LogP contribution in [0, 0.1) is 5.92 Å². The Morgan fingerprint density at radius 2 is 2.38 bits per heavy atom. The summed E-state index contributed by atoms with van der Waals surface area (Å²) in [5.74, 6) is 1.22. The van der Waals surface area contributed by atoms with Crippen LogP contribution in [-0.4, -0.2) is 42.2 Å². The second-order valence-electron chi connectivity index (χ2n) is 5.77. The molecule has 1 saturated heterocycles. The van der Waals surface area contributed by atoms with Crippen LogP contribution in [0.4, 0.5) is 0 Å². The summed E-state index contributed by atoms with van der Waals surface area (Å²) in [6.45, 7) is 2.37. The predicted molar refractivity (Wildman–Crippen MR) is 81.1 cm³/mol. The number of aliphatic hydroxyl groups excluding tert-OH is 1. The van der Waals surface area contributed by atoms with E-state index in [0.717, 1.165) is 43.7 Å². The van der Waals surface area contributed by atoms with Gasteiger partial charge in [-0.15, -0.1) is 0 Å². The van der Waals surface area contributed by atoms with E-state index >= 15 is 0 Å². The molecule has 0 aliphatic carbocycles. The summed E-state index contributed by atoms with van der Waals surface area (Å²) < 4.78 is 5.48. The minimum Gasteiger partial charge on any atom is -0.493 e. The number of hydrogen-bond acceptors (Lipinski definition) is 3. The highest BCUT2D eigenvalue weighted by Crippen LogP contribution is 2.26. The monoisotopic (exact) mass is 287 g/mol. The number of amides is 1. The van der Waals surface area contributed by atoms with Gasteiger partial charge >= 0.3 is 0 Å². The van der Waals surface area contributed by atoms with Crippen molar-refractivity contribution in [1.82, 2.24) is 4.90 Å². The van der Waals surface area contributed by atoms with Gasteiger partial charge in [-0.1, -0.05) is 6.07 Å². The molecule has 1 atom stereocenters. The van der Waals surface area contributed by atoms with Gasteiger partial charge in [0.15, 0.2) is 0 Å². The summed E-state index contributed by atoms with van der Waals surface area (Å²) >= 11 is 0. The van der Waals surface area contributed by atoms with Crippen molar-refractivity contribution in [2.24, 2.45) is 5.92 Å². The third kappa shape index (κ3) is 3.27. The number of benzene rings is 1. The number of hydrogen-bond donors (Lipinski definition) is 1. The van der Waals surface area contributed by atoms with Crippen molar-refractivity contribution in [1.29, 1.82) is 0 Å². The lowest BCUT2D eigenvalue weighted by Gasteiger charge is -2.31. The molecule has 3 rings (SSSR count). The summed E-state index contributed by atoms with van der Waals surface area (Å²) in [5, 5.41) is 9.22. The molecular formula is C17H21NO3. The lowest BCUT2D eigenvalue weighted by atomic mass is 9.99. The summed E-state index contributed by atoms with van der Waals surface area (Å²) in [7, 11) is 0. The Bertz CT molecular complexity index is 553. The quantitative estimate of drug-likeness (QED) is 0.863. The van der Waals surface area contributed by atoms with Crippen LogP contribution >= 0.6 is 0 Å². The SMILES string of the molecule is O=C(/C=C/c1ccc2c(c1)CCO2)N1CCC[C@H](CO)C1. The molecule has 112 valence electrons. The lowest BCUT2D eigenvalue weighted by Crippen LogP contribution is -2.40. The highest BCUT2D eigenvalue weighted by atomic mass is 16.5. The third-order valence-corrected chi connectivity index (χ3v) is 4.22. The fourth-order valence-electron chi connectivity index (χ4n) is 3.00. The highest BCUT2D eigenvalue weighted by molar-refractivity contribution is 5.91. The van der Waals surface area contributed by atoms with E-state index in [1.54, 1.807) is 6.08 Å². The van der Waals surface area contributed by atoms with Crippen LogP contribution in [0.1, 0.15) is 24.0 Å². The molecule has 0 saturated carbocycles. The number of ether oxygens (including phenoxy) is 1. The molecule has 21 heavy (non-hydrogen) atoms. The maximum Gasteiger partial charge on any atom is 0.246 e. The van der Waals surface area contributed by atoms with Gasteiger partial charge in [-0.25, -0.2) is 0 Å². The van der Waals surface area contributed by atoms with Crippen LogP contribution in [-0.2, 0) is 11.2 Å². The Morgan fingerprint density at radius 3 is 3.24 bits per heavy atom. The Balaban J connectivity index is 1.64. The van der Waals surface area contributed by atoms with Gasteiger partial charge < -0.3 is 14.7 Å². The first-order valence-corrected chi connectivity index (χ1v) is 7.60. The van der Waals surface area contributed by atoms with Crippen LogP contribution in [0.15, 0.2) is 24.3 Å². The predicted octanol–water partition coefficient (Wildman–Crippen LogP) is 1.87. The van der Waals surface area contributed by atoms with Gasteiger partial charge in [0.05, 0.1) is 6.61 Å². The zero-order valence-corrected chi connectivity index (χ0v) is 12.1. The first-order chi connectivity index (χ1) is 10.3. The summed E-state index contributed by atoms with van der Waals surface area (Å²) in [6.07, 6.45) is 6.42. The molecule has 0 spiro atoms. The average Bonchev–Trinajstić information content (AvgIpc) is 3.00. The molecule has 0 bridgehead atoms. The van der Waals surface area contributed by atoms with Crippen molar-refractivity contribution in [3.05, 3.63) is 35.4 Å². The van der Waals surface area contributed by atoms with E-state index in [2.05, 4.69) is 6.07 Å². The van der Waals surface area contributed by atoms with Crippen molar-refractivity contribution in [3.63, 3.8) is 0 Å². The van der Waals surface area contributed by atoms with Crippen molar-refractivity contribution >= 4 is 12.0 Å². The molecule has 1 aromatic rings. The van der Waals surface area contributed by atoms with Crippen molar-refractivity contribution in [2.75, 3.05) is 26.3 Å². The summed E-state index contributed by atoms with van der Waals surface area (Å²) in [5.41, 5.74) is 2.24. The van der Waals surface area contributed by atoms with Crippen molar-refractivity contribution in [3.8, 4) is 5.75 Å². The second kappa shape index (κ2) is 6.31. The maximum atomic E-state index is 12.2. The number of piperidine rings is 1. The zero-order valence-electron chi connectivity index (χ0n) is 12.1. The van der Waals surface area contributed by atoms with E-state index < -0.39 is 0 Å². The van der Waals surface area contributed by atoms with Crippen LogP contribution in [0.25, 0.3) is 6.08 Å². The first-order valence-electron chi connectivity index (χ1n) is 7.60. The van der Waals surface area contributed by atoms with Crippen LogP contribution < -0.4 is 4.74 Å². The standard InChI is InChI=1S/C17H21NO3/c19-12-14-2-1-8-18(11-14)17(20)6-4-13-3-5-16-15(10-13)7-9-21-16/h3-6,10,14,19H,1-2,7-9,11-12H2/b6-4+/t14-/m0/s1. The average molecular weight is 287 g/mol. The van der Waals surface area contributed by atoms with E-state index in [9.17, 15) is 9.90 Å². The van der Waals surface area contributed by atoms with E-state index in [1.807, 2.05) is 23.1 Å². The van der Waals surface area contributed by atoms with E-state index in [4.69, 9.17) is 4.74 Å². The minimum absolute atomic E-state index is 0.0323. The molecule has 2 aliphatic heterocycles. The van der Waals surface area contributed by atoms with Crippen molar-refractivity contribution < 1.29 is 14.6 Å². The number of carbonyl (C=O) groups excluding carboxylic acids is 1. The molecule has 0 radical (unpaired) electrons. The van der Waals surface area contributed by atoms with Gasteiger partial charge in [0.1, 0.15) is 5.75 Å². The van der Waals surface area contributed by atoms with Crippen LogP contribution in [0.2, 0.25) is 0 Å². The van der Waals surface area contributed by atoms with Crippen LogP contribution in [0.3, 0.4) is 0 Å². The van der Waals surface area contributed by atoms with Gasteiger partial charge in [0.2, 0.25) is 5.91 Å². The zero-order chi connectivity index (χ0) is 14.7. The number of likely N-dealkylation sites (tertiary alicyclic amines) is 1. The molecule has 1 fully saturated rings. The Hall–Kier alpha value is -1.81. The molecule has 4 nitrogen and oxygen atoms in total. The number of rotatable bonds is 3. The normalized spacial score (nSPS) is 21.4. The first kappa shape index (κ1) is 14.1. The third-order valence-electron chi connectivity index (χ3n) is 4.22. The molecule has 1 aromatic carbocycles. The summed E-state index contributed by atoms with van der Waals surface area (Å²) in [4.78, 5) is 14.0. The number of carbonyl (C=O) groups is 1. The molecule has 1 amide bonds. The molecule has 2 aliphatic rings.